The molecule has 0 bridgehead atoms. The van der Waals surface area contributed by atoms with E-state index in [2.05, 4.69) is 0 Å². The van der Waals surface area contributed by atoms with E-state index >= 15 is 0 Å². The van der Waals surface area contributed by atoms with Crippen LogP contribution in [0.4, 0.5) is 0 Å². The van der Waals surface area contributed by atoms with Crippen LogP contribution in [0.2, 0.25) is 15.1 Å². The van der Waals surface area contributed by atoms with Crippen LogP contribution in [-0.4, -0.2) is 5.11 Å². The number of phenols is 1. The summed E-state index contributed by atoms with van der Waals surface area (Å²) in [6, 6.07) is 13.6. The smallest absolute Gasteiger partial charge is 0.115 e. The molecule has 1 N–H and O–H groups in total. The molecule has 0 unspecified atom stereocenters. The van der Waals surface area contributed by atoms with E-state index in [0.717, 1.165) is 0 Å². The highest BCUT2D eigenvalue weighted by molar-refractivity contribution is 6.41. The maximum Gasteiger partial charge on any atom is 0.115 e. The Hall–Kier alpha value is -0.890. The zero-order valence-corrected chi connectivity index (χ0v) is 10.5. The Balaban J connectivity index is 0.000000160. The molecule has 1 nitrogen and oxygen atoms in total. The molecule has 0 aliphatic carbocycles. The van der Waals surface area contributed by atoms with Crippen LogP contribution in [0.25, 0.3) is 0 Å². The number of hydrogen-bond donors (Lipinski definition) is 1. The molecule has 0 aliphatic heterocycles. The average Bonchev–Trinajstić information content (AvgIpc) is 2.28. The van der Waals surface area contributed by atoms with E-state index in [1.54, 1.807) is 36.4 Å². The van der Waals surface area contributed by atoms with Gasteiger partial charge in [-0.15, -0.1) is 0 Å². The molecule has 4 heteroatoms. The van der Waals surface area contributed by atoms with Gasteiger partial charge in [-0.2, -0.15) is 0 Å². The Labute approximate surface area is 109 Å². The third-order valence-electron chi connectivity index (χ3n) is 1.65. The normalized spacial score (nSPS) is 9.19. The summed E-state index contributed by atoms with van der Waals surface area (Å²) in [7, 11) is 0. The second kappa shape index (κ2) is 6.64. The SMILES string of the molecule is Clc1ccccc1Cl.Oc1ccc(Cl)cc1. The van der Waals surface area contributed by atoms with E-state index < -0.39 is 0 Å². The molecule has 0 spiro atoms. The first kappa shape index (κ1) is 13.2. The Morgan fingerprint density at radius 2 is 1.12 bits per heavy atom. The number of phenolic OH excluding ortho intramolecular Hbond substituents is 1. The predicted molar refractivity (Wildman–Crippen MR) is 69.6 cm³/mol. The highest BCUT2D eigenvalue weighted by atomic mass is 35.5. The van der Waals surface area contributed by atoms with Crippen LogP contribution in [0.5, 0.6) is 5.75 Å². The summed E-state index contributed by atoms with van der Waals surface area (Å²) in [5.74, 6) is 0.245. The first-order valence-electron chi connectivity index (χ1n) is 4.44. The maximum atomic E-state index is 8.70. The fraction of sp³-hybridized carbons (Fsp3) is 0. The zero-order chi connectivity index (χ0) is 12.0. The third kappa shape index (κ3) is 4.75. The van der Waals surface area contributed by atoms with Crippen molar-refractivity contribution in [2.45, 2.75) is 0 Å². The van der Waals surface area contributed by atoms with Crippen molar-refractivity contribution in [2.24, 2.45) is 0 Å². The monoisotopic (exact) mass is 274 g/mol. The molecule has 2 rings (SSSR count). The van der Waals surface area contributed by atoms with Gasteiger partial charge in [0.15, 0.2) is 0 Å². The zero-order valence-electron chi connectivity index (χ0n) is 8.20. The fourth-order valence-corrected chi connectivity index (χ4v) is 1.28. The van der Waals surface area contributed by atoms with Crippen LogP contribution in [0, 0.1) is 0 Å². The van der Waals surface area contributed by atoms with E-state index in [9.17, 15) is 0 Å². The molecule has 0 amide bonds. The van der Waals surface area contributed by atoms with Crippen LogP contribution in [0.15, 0.2) is 48.5 Å². The van der Waals surface area contributed by atoms with Crippen molar-refractivity contribution in [3.05, 3.63) is 63.6 Å². The van der Waals surface area contributed by atoms with E-state index in [1.165, 1.54) is 0 Å². The molecule has 0 saturated carbocycles. The number of rotatable bonds is 0. The molecule has 0 saturated heterocycles. The van der Waals surface area contributed by atoms with Crippen molar-refractivity contribution in [3.63, 3.8) is 0 Å². The summed E-state index contributed by atoms with van der Waals surface area (Å²) in [6.45, 7) is 0. The number of halogens is 3. The highest BCUT2D eigenvalue weighted by Crippen LogP contribution is 2.19. The minimum atomic E-state index is 0.245. The predicted octanol–water partition coefficient (Wildman–Crippen LogP) is 5.04. The van der Waals surface area contributed by atoms with Crippen molar-refractivity contribution < 1.29 is 5.11 Å². The van der Waals surface area contributed by atoms with E-state index in [4.69, 9.17) is 39.9 Å². The second-order valence-corrected chi connectivity index (χ2v) is 4.14. The topological polar surface area (TPSA) is 20.2 Å². The second-order valence-electron chi connectivity index (χ2n) is 2.89. The van der Waals surface area contributed by atoms with Crippen molar-refractivity contribution in [2.75, 3.05) is 0 Å². The number of benzene rings is 2. The first-order valence-corrected chi connectivity index (χ1v) is 5.57. The molecule has 2 aromatic rings. The van der Waals surface area contributed by atoms with Gasteiger partial charge < -0.3 is 5.11 Å². The van der Waals surface area contributed by atoms with Crippen LogP contribution in [0.1, 0.15) is 0 Å². The lowest BCUT2D eigenvalue weighted by atomic mass is 10.3. The summed E-state index contributed by atoms with van der Waals surface area (Å²) in [5.41, 5.74) is 0. The summed E-state index contributed by atoms with van der Waals surface area (Å²) in [4.78, 5) is 0. The third-order valence-corrected chi connectivity index (χ3v) is 2.66. The average molecular weight is 276 g/mol. The van der Waals surface area contributed by atoms with Gasteiger partial charge in [-0.3, -0.25) is 0 Å². The van der Waals surface area contributed by atoms with Gasteiger partial charge in [-0.1, -0.05) is 46.9 Å². The van der Waals surface area contributed by atoms with Crippen LogP contribution >= 0.6 is 34.8 Å². The van der Waals surface area contributed by atoms with E-state index in [1.807, 2.05) is 12.1 Å². The lowest BCUT2D eigenvalue weighted by Crippen LogP contribution is -1.62. The maximum absolute atomic E-state index is 8.70. The van der Waals surface area contributed by atoms with Crippen molar-refractivity contribution in [3.8, 4) is 5.75 Å². The van der Waals surface area contributed by atoms with Gasteiger partial charge in [0.1, 0.15) is 5.75 Å². The minimum absolute atomic E-state index is 0.245. The van der Waals surface area contributed by atoms with Crippen LogP contribution in [-0.2, 0) is 0 Å². The Bertz CT molecular complexity index is 398. The Morgan fingerprint density at radius 1 is 0.688 bits per heavy atom. The molecular weight excluding hydrogens is 266 g/mol. The summed E-state index contributed by atoms with van der Waals surface area (Å²) < 4.78 is 0. The van der Waals surface area contributed by atoms with Crippen LogP contribution < -0.4 is 0 Å². The molecular formula is C12H9Cl3O. The lowest BCUT2D eigenvalue weighted by Gasteiger charge is -1.88. The quantitative estimate of drug-likeness (QED) is 0.714. The largest absolute Gasteiger partial charge is 0.508 e. The highest BCUT2D eigenvalue weighted by Gasteiger charge is 1.89. The minimum Gasteiger partial charge on any atom is -0.508 e. The van der Waals surface area contributed by atoms with Gasteiger partial charge in [0, 0.05) is 5.02 Å². The van der Waals surface area contributed by atoms with Gasteiger partial charge in [0.2, 0.25) is 0 Å². The molecule has 0 aromatic heterocycles. The number of hydrogen-bond acceptors (Lipinski definition) is 1. The molecule has 16 heavy (non-hydrogen) atoms. The van der Waals surface area contributed by atoms with Gasteiger partial charge in [0.05, 0.1) is 10.0 Å². The molecule has 0 atom stereocenters. The van der Waals surface area contributed by atoms with E-state index in [-0.39, 0.29) is 5.75 Å². The first-order chi connectivity index (χ1) is 7.59. The molecule has 0 heterocycles. The van der Waals surface area contributed by atoms with Crippen molar-refractivity contribution in [1.82, 2.24) is 0 Å². The molecule has 2 aromatic carbocycles. The van der Waals surface area contributed by atoms with Crippen molar-refractivity contribution >= 4 is 34.8 Å². The van der Waals surface area contributed by atoms with Gasteiger partial charge in [-0.05, 0) is 36.4 Å². The molecule has 0 radical (unpaired) electrons. The summed E-state index contributed by atoms with van der Waals surface area (Å²) >= 11 is 16.7. The molecule has 0 fully saturated rings. The standard InChI is InChI=1S/C6H4Cl2.C6H5ClO/c7-5-3-1-2-4-6(5)8;7-5-1-3-6(8)4-2-5/h1-4H;1-4,8H. The van der Waals surface area contributed by atoms with Gasteiger partial charge in [0.25, 0.3) is 0 Å². The van der Waals surface area contributed by atoms with Crippen molar-refractivity contribution in [1.29, 1.82) is 0 Å². The summed E-state index contributed by atoms with van der Waals surface area (Å²) in [6.07, 6.45) is 0. The fourth-order valence-electron chi connectivity index (χ4n) is 0.880. The Kier molecular flexibility index (Phi) is 5.47. The lowest BCUT2D eigenvalue weighted by molar-refractivity contribution is 0.475. The van der Waals surface area contributed by atoms with Gasteiger partial charge >= 0.3 is 0 Å². The van der Waals surface area contributed by atoms with Crippen LogP contribution in [0.3, 0.4) is 0 Å². The van der Waals surface area contributed by atoms with E-state index in [0.29, 0.717) is 15.1 Å². The molecule has 0 aliphatic rings. The van der Waals surface area contributed by atoms with Gasteiger partial charge in [-0.25, -0.2) is 0 Å². The Morgan fingerprint density at radius 3 is 1.44 bits per heavy atom. The number of aromatic hydroxyl groups is 1. The summed E-state index contributed by atoms with van der Waals surface area (Å²) in [5, 5.41) is 10.6. The molecule has 84 valence electrons.